The highest BCUT2D eigenvalue weighted by atomic mass is 79.9. The molecule has 1 N–H and O–H groups in total. The molecule has 0 aliphatic heterocycles. The number of hydrogen-bond acceptors (Lipinski definition) is 4. The zero-order valence-corrected chi connectivity index (χ0v) is 14.2. The predicted octanol–water partition coefficient (Wildman–Crippen LogP) is 4.13. The normalized spacial score (nSPS) is 10.8. The molecule has 0 radical (unpaired) electrons. The second-order valence-electron chi connectivity index (χ2n) is 4.31. The summed E-state index contributed by atoms with van der Waals surface area (Å²) < 4.78 is 2.76. The molecule has 0 saturated carbocycles. The van der Waals surface area contributed by atoms with Gasteiger partial charge in [-0.05, 0) is 34.5 Å². The lowest BCUT2D eigenvalue weighted by Gasteiger charge is -2.09. The summed E-state index contributed by atoms with van der Waals surface area (Å²) in [6, 6.07) is 3.82. The van der Waals surface area contributed by atoms with Crippen molar-refractivity contribution in [3.8, 4) is 0 Å². The third-order valence-electron chi connectivity index (χ3n) is 2.79. The Labute approximate surface area is 134 Å². The molecule has 0 spiro atoms. The Bertz CT molecular complexity index is 641. The van der Waals surface area contributed by atoms with Crippen molar-refractivity contribution in [3.05, 3.63) is 42.4 Å². The minimum absolute atomic E-state index is 0.104. The summed E-state index contributed by atoms with van der Waals surface area (Å²) in [5.74, 6) is 0. The lowest BCUT2D eigenvalue weighted by molar-refractivity contribution is 0.541. The van der Waals surface area contributed by atoms with Gasteiger partial charge in [0.1, 0.15) is 4.47 Å². The van der Waals surface area contributed by atoms with Gasteiger partial charge in [-0.25, -0.2) is 4.68 Å². The Kier molecular flexibility index (Phi) is 5.63. The molecule has 108 valence electrons. The first-order chi connectivity index (χ1) is 9.61. The van der Waals surface area contributed by atoms with Crippen LogP contribution < -0.4 is 10.9 Å². The van der Waals surface area contributed by atoms with Crippen molar-refractivity contribution >= 4 is 44.6 Å². The number of thiophene rings is 1. The second-order valence-corrected chi connectivity index (χ2v) is 6.91. The zero-order chi connectivity index (χ0) is 14.5. The summed E-state index contributed by atoms with van der Waals surface area (Å²) in [5.41, 5.74) is 0.597. The Balaban J connectivity index is 2.09. The van der Waals surface area contributed by atoms with Crippen LogP contribution in [0.4, 0.5) is 5.69 Å². The monoisotopic (exact) mass is 375 g/mol. The minimum Gasteiger partial charge on any atom is -0.378 e. The van der Waals surface area contributed by atoms with E-state index < -0.39 is 0 Å². The van der Waals surface area contributed by atoms with Crippen molar-refractivity contribution in [2.24, 2.45) is 0 Å². The fourth-order valence-electron chi connectivity index (χ4n) is 1.68. The van der Waals surface area contributed by atoms with Crippen molar-refractivity contribution in [2.45, 2.75) is 32.9 Å². The third-order valence-corrected chi connectivity index (χ3v) is 4.79. The van der Waals surface area contributed by atoms with Gasteiger partial charge in [-0.2, -0.15) is 5.10 Å². The van der Waals surface area contributed by atoms with Crippen molar-refractivity contribution in [3.63, 3.8) is 0 Å². The van der Waals surface area contributed by atoms with Crippen LogP contribution in [0.15, 0.2) is 27.6 Å². The molecule has 2 rings (SSSR count). The van der Waals surface area contributed by atoms with Gasteiger partial charge in [0.25, 0.3) is 5.56 Å². The number of aromatic nitrogens is 2. The van der Waals surface area contributed by atoms with E-state index in [1.165, 1.54) is 16.0 Å². The van der Waals surface area contributed by atoms with Crippen molar-refractivity contribution in [1.29, 1.82) is 0 Å². The lowest BCUT2D eigenvalue weighted by atomic mass is 10.3. The second kappa shape index (κ2) is 7.24. The molecule has 7 heteroatoms. The molecule has 0 aliphatic rings. The first-order valence-electron chi connectivity index (χ1n) is 6.35. The minimum atomic E-state index is -0.104. The molecule has 0 aromatic carbocycles. The van der Waals surface area contributed by atoms with Crippen LogP contribution >= 0.6 is 38.9 Å². The van der Waals surface area contributed by atoms with Crippen LogP contribution in [0.25, 0.3) is 0 Å². The number of hydrogen-bond donors (Lipinski definition) is 1. The highest BCUT2D eigenvalue weighted by Gasteiger charge is 2.08. The number of nitrogens with one attached hydrogen (secondary N) is 1. The number of anilines is 1. The number of rotatable bonds is 6. The highest BCUT2D eigenvalue weighted by molar-refractivity contribution is 9.10. The molecule has 0 amide bonds. The van der Waals surface area contributed by atoms with Gasteiger partial charge in [0.2, 0.25) is 0 Å². The van der Waals surface area contributed by atoms with Gasteiger partial charge < -0.3 is 5.32 Å². The van der Waals surface area contributed by atoms with E-state index in [2.05, 4.69) is 33.3 Å². The van der Waals surface area contributed by atoms with Gasteiger partial charge >= 0.3 is 0 Å². The van der Waals surface area contributed by atoms with E-state index in [9.17, 15) is 4.79 Å². The van der Waals surface area contributed by atoms with Crippen LogP contribution in [0, 0.1) is 0 Å². The van der Waals surface area contributed by atoms with Crippen LogP contribution in [0.1, 0.15) is 24.6 Å². The summed E-state index contributed by atoms with van der Waals surface area (Å²) in [5, 5.41) is 7.38. The first kappa shape index (κ1) is 15.5. The summed E-state index contributed by atoms with van der Waals surface area (Å²) >= 11 is 10.7. The van der Waals surface area contributed by atoms with Crippen LogP contribution in [0.3, 0.4) is 0 Å². The van der Waals surface area contributed by atoms with E-state index in [1.54, 1.807) is 6.20 Å². The van der Waals surface area contributed by atoms with Crippen molar-refractivity contribution < 1.29 is 0 Å². The van der Waals surface area contributed by atoms with Gasteiger partial charge in [0.15, 0.2) is 0 Å². The molecule has 4 nitrogen and oxygen atoms in total. The largest absolute Gasteiger partial charge is 0.378 e. The van der Waals surface area contributed by atoms with Gasteiger partial charge in [-0.3, -0.25) is 4.79 Å². The Morgan fingerprint density at radius 2 is 2.30 bits per heavy atom. The number of nitrogens with zero attached hydrogens (tertiary/aromatic N) is 2. The molecule has 0 unspecified atom stereocenters. The molecule has 0 aliphatic carbocycles. The molecule has 20 heavy (non-hydrogen) atoms. The average molecular weight is 377 g/mol. The van der Waals surface area contributed by atoms with E-state index in [0.29, 0.717) is 23.2 Å². The highest BCUT2D eigenvalue weighted by Crippen LogP contribution is 2.23. The van der Waals surface area contributed by atoms with Crippen LogP contribution in [0.2, 0.25) is 4.34 Å². The molecule has 0 saturated heterocycles. The molecule has 2 heterocycles. The topological polar surface area (TPSA) is 46.9 Å². The van der Waals surface area contributed by atoms with E-state index in [4.69, 9.17) is 11.6 Å². The Morgan fingerprint density at radius 1 is 1.50 bits per heavy atom. The lowest BCUT2D eigenvalue weighted by Crippen LogP contribution is -2.24. The van der Waals surface area contributed by atoms with Gasteiger partial charge in [0.05, 0.1) is 16.2 Å². The number of aryl methyl sites for hydroxylation is 1. The fraction of sp³-hybridized carbons (Fsp3) is 0.385. The van der Waals surface area contributed by atoms with E-state index in [-0.39, 0.29) is 5.56 Å². The van der Waals surface area contributed by atoms with Crippen LogP contribution in [0.5, 0.6) is 0 Å². The van der Waals surface area contributed by atoms with Gasteiger partial charge in [-0.1, -0.05) is 24.9 Å². The van der Waals surface area contributed by atoms with Gasteiger partial charge in [0, 0.05) is 18.0 Å². The zero-order valence-electron chi connectivity index (χ0n) is 11.0. The van der Waals surface area contributed by atoms with E-state index in [1.807, 2.05) is 12.1 Å². The quantitative estimate of drug-likeness (QED) is 0.824. The molecule has 0 atom stereocenters. The maximum Gasteiger partial charge on any atom is 0.283 e. The summed E-state index contributed by atoms with van der Waals surface area (Å²) in [6.07, 6.45) is 3.65. The standard InChI is InChI=1S/C13H15BrClN3OS/c1-2-3-6-18-13(19)12(14)10(8-17-18)16-7-9-4-5-11(15)20-9/h4-5,8,16H,2-3,6-7H2,1H3. The first-order valence-corrected chi connectivity index (χ1v) is 8.34. The summed E-state index contributed by atoms with van der Waals surface area (Å²) in [6.45, 7) is 3.35. The summed E-state index contributed by atoms with van der Waals surface area (Å²) in [4.78, 5) is 13.2. The average Bonchev–Trinajstić information content (AvgIpc) is 2.85. The van der Waals surface area contributed by atoms with Crippen molar-refractivity contribution in [2.75, 3.05) is 5.32 Å². The van der Waals surface area contributed by atoms with Crippen LogP contribution in [-0.2, 0) is 13.1 Å². The molecular weight excluding hydrogens is 362 g/mol. The van der Waals surface area contributed by atoms with Crippen molar-refractivity contribution in [1.82, 2.24) is 9.78 Å². The van der Waals surface area contributed by atoms with Crippen LogP contribution in [-0.4, -0.2) is 9.78 Å². The van der Waals surface area contributed by atoms with E-state index >= 15 is 0 Å². The molecule has 0 fully saturated rings. The smallest absolute Gasteiger partial charge is 0.283 e. The maximum absolute atomic E-state index is 12.1. The molecule has 2 aromatic rings. The molecule has 2 aromatic heterocycles. The number of unbranched alkanes of at least 4 members (excludes halogenated alkanes) is 1. The Morgan fingerprint density at radius 3 is 2.95 bits per heavy atom. The predicted molar refractivity (Wildman–Crippen MR) is 87.8 cm³/mol. The van der Waals surface area contributed by atoms with Gasteiger partial charge in [-0.15, -0.1) is 11.3 Å². The fourth-order valence-corrected chi connectivity index (χ4v) is 3.16. The summed E-state index contributed by atoms with van der Waals surface area (Å²) in [7, 11) is 0. The molecular formula is C13H15BrClN3OS. The SMILES string of the molecule is CCCCn1ncc(NCc2ccc(Cl)s2)c(Br)c1=O. The maximum atomic E-state index is 12.1. The Hall–Kier alpha value is -0.850. The van der Waals surface area contributed by atoms with E-state index in [0.717, 1.165) is 22.1 Å². The molecule has 0 bridgehead atoms. The number of halogens is 2. The third kappa shape index (κ3) is 3.84.